The van der Waals surface area contributed by atoms with Gasteiger partial charge in [0.2, 0.25) is 0 Å². The fraction of sp³-hybridized carbons (Fsp3) is 0.400. The third-order valence-electron chi connectivity index (χ3n) is 5.14. The topological polar surface area (TPSA) is 33.4 Å². The molecule has 0 spiro atoms. The monoisotopic (exact) mass is 320 g/mol. The summed E-state index contributed by atoms with van der Waals surface area (Å²) < 4.78 is 1.89. The zero-order valence-corrected chi connectivity index (χ0v) is 14.4. The first-order valence-corrected chi connectivity index (χ1v) is 8.90. The highest BCUT2D eigenvalue weighted by Gasteiger charge is 2.22. The fourth-order valence-electron chi connectivity index (χ4n) is 3.72. The second-order valence-corrected chi connectivity index (χ2v) is 6.68. The van der Waals surface area contributed by atoms with Gasteiger partial charge in [-0.3, -0.25) is 0 Å². The largest absolute Gasteiger partial charge is 0.368 e. The Balaban J connectivity index is 1.50. The van der Waals surface area contributed by atoms with Crippen LogP contribution in [0.1, 0.15) is 42.6 Å². The van der Waals surface area contributed by atoms with Gasteiger partial charge in [-0.1, -0.05) is 31.2 Å². The van der Waals surface area contributed by atoms with Gasteiger partial charge >= 0.3 is 0 Å². The molecule has 3 aromatic rings. The summed E-state index contributed by atoms with van der Waals surface area (Å²) in [6.07, 6.45) is 5.47. The molecule has 4 heteroatoms. The van der Waals surface area contributed by atoms with Crippen molar-refractivity contribution in [2.45, 2.75) is 39.0 Å². The Kier molecular flexibility index (Phi) is 3.97. The number of aromatic nitrogens is 3. The lowest BCUT2D eigenvalue weighted by molar-refractivity contribution is 0.505. The lowest BCUT2D eigenvalue weighted by atomic mass is 9.88. The summed E-state index contributed by atoms with van der Waals surface area (Å²) in [5, 5.41) is 4.43. The van der Waals surface area contributed by atoms with Gasteiger partial charge in [0.1, 0.15) is 5.82 Å². The van der Waals surface area contributed by atoms with Crippen LogP contribution in [-0.2, 0) is 6.42 Å². The molecule has 124 valence electrons. The van der Waals surface area contributed by atoms with Crippen LogP contribution in [0.4, 0.5) is 5.69 Å². The summed E-state index contributed by atoms with van der Waals surface area (Å²) in [4.78, 5) is 7.05. The van der Waals surface area contributed by atoms with Crippen LogP contribution in [0.2, 0.25) is 0 Å². The van der Waals surface area contributed by atoms with Crippen molar-refractivity contribution in [1.29, 1.82) is 0 Å². The minimum Gasteiger partial charge on any atom is -0.368 e. The second kappa shape index (κ2) is 6.27. The summed E-state index contributed by atoms with van der Waals surface area (Å²) in [5.41, 5.74) is 5.09. The number of pyridine rings is 1. The molecule has 2 aromatic heterocycles. The fourth-order valence-corrected chi connectivity index (χ4v) is 3.72. The zero-order valence-electron chi connectivity index (χ0n) is 14.4. The summed E-state index contributed by atoms with van der Waals surface area (Å²) in [6, 6.07) is 13.4. The van der Waals surface area contributed by atoms with Gasteiger partial charge in [0.05, 0.1) is 5.69 Å². The van der Waals surface area contributed by atoms with Crippen LogP contribution in [0.3, 0.4) is 0 Å². The molecule has 0 unspecified atom stereocenters. The van der Waals surface area contributed by atoms with Crippen molar-refractivity contribution in [3.8, 4) is 0 Å². The minimum atomic E-state index is 0.673. The van der Waals surface area contributed by atoms with E-state index in [0.717, 1.165) is 31.0 Å². The smallest absolute Gasteiger partial charge is 0.178 e. The van der Waals surface area contributed by atoms with Crippen LogP contribution >= 0.6 is 0 Å². The van der Waals surface area contributed by atoms with Crippen molar-refractivity contribution < 1.29 is 0 Å². The molecule has 4 nitrogen and oxygen atoms in total. The number of piperidine rings is 1. The zero-order chi connectivity index (χ0) is 16.5. The highest BCUT2D eigenvalue weighted by molar-refractivity contribution is 5.68. The molecule has 0 bridgehead atoms. The average Bonchev–Trinajstić information content (AvgIpc) is 3.02. The molecule has 24 heavy (non-hydrogen) atoms. The number of benzene rings is 1. The predicted octanol–water partition coefficient (Wildman–Crippen LogP) is 3.98. The van der Waals surface area contributed by atoms with Crippen LogP contribution in [0.25, 0.3) is 5.65 Å². The third kappa shape index (κ3) is 2.77. The van der Waals surface area contributed by atoms with Gasteiger partial charge in [-0.05, 0) is 55.4 Å². The highest BCUT2D eigenvalue weighted by atomic mass is 15.3. The van der Waals surface area contributed by atoms with E-state index in [1.165, 1.54) is 29.7 Å². The molecule has 1 aliphatic heterocycles. The average molecular weight is 320 g/mol. The van der Waals surface area contributed by atoms with Crippen molar-refractivity contribution in [1.82, 2.24) is 14.6 Å². The number of hydrogen-bond donors (Lipinski definition) is 0. The summed E-state index contributed by atoms with van der Waals surface area (Å²) in [6.45, 7) is 6.31. The van der Waals surface area contributed by atoms with Gasteiger partial charge in [-0.2, -0.15) is 5.10 Å². The van der Waals surface area contributed by atoms with Gasteiger partial charge < -0.3 is 4.90 Å². The number of aryl methyl sites for hydroxylation is 2. The molecule has 0 aliphatic carbocycles. The van der Waals surface area contributed by atoms with Crippen molar-refractivity contribution >= 4 is 11.3 Å². The van der Waals surface area contributed by atoms with Crippen molar-refractivity contribution in [2.75, 3.05) is 18.0 Å². The minimum absolute atomic E-state index is 0.673. The number of nitrogens with zero attached hydrogens (tertiary/aromatic N) is 4. The first-order chi connectivity index (χ1) is 11.7. The van der Waals surface area contributed by atoms with E-state index in [1.807, 2.05) is 17.6 Å². The van der Waals surface area contributed by atoms with Crippen LogP contribution in [0.5, 0.6) is 0 Å². The summed E-state index contributed by atoms with van der Waals surface area (Å²) in [7, 11) is 0. The van der Waals surface area contributed by atoms with E-state index in [1.54, 1.807) is 0 Å². The Labute approximate surface area is 143 Å². The normalized spacial score (nSPS) is 16.0. The molecule has 4 rings (SSSR count). The first kappa shape index (κ1) is 15.2. The number of anilines is 1. The SMILES string of the molecule is CCc1ccc(C2CCN(c3cccn4nc(C)nc34)CC2)cc1. The molecule has 1 fully saturated rings. The molecule has 0 atom stereocenters. The summed E-state index contributed by atoms with van der Waals surface area (Å²) in [5.74, 6) is 1.50. The maximum atomic E-state index is 4.59. The Hall–Kier alpha value is -2.36. The Morgan fingerprint density at radius 2 is 1.83 bits per heavy atom. The molecular formula is C20H24N4. The second-order valence-electron chi connectivity index (χ2n) is 6.68. The maximum Gasteiger partial charge on any atom is 0.178 e. The Morgan fingerprint density at radius 3 is 2.54 bits per heavy atom. The van der Waals surface area contributed by atoms with Crippen molar-refractivity contribution in [2.24, 2.45) is 0 Å². The Bertz CT molecular complexity index is 826. The highest BCUT2D eigenvalue weighted by Crippen LogP contribution is 2.31. The first-order valence-electron chi connectivity index (χ1n) is 8.90. The quantitative estimate of drug-likeness (QED) is 0.732. The van der Waals surface area contributed by atoms with Crippen LogP contribution in [0, 0.1) is 6.92 Å². The molecular weight excluding hydrogens is 296 g/mol. The number of hydrogen-bond acceptors (Lipinski definition) is 3. The van der Waals surface area contributed by atoms with E-state index in [4.69, 9.17) is 0 Å². The van der Waals surface area contributed by atoms with E-state index in [9.17, 15) is 0 Å². The maximum absolute atomic E-state index is 4.59. The number of fused-ring (bicyclic) bond motifs is 1. The van der Waals surface area contributed by atoms with Gasteiger partial charge in [-0.25, -0.2) is 9.50 Å². The van der Waals surface area contributed by atoms with Gasteiger partial charge in [-0.15, -0.1) is 0 Å². The number of rotatable bonds is 3. The molecule has 1 saturated heterocycles. The van der Waals surface area contributed by atoms with Gasteiger partial charge in [0.15, 0.2) is 5.65 Å². The third-order valence-corrected chi connectivity index (χ3v) is 5.14. The van der Waals surface area contributed by atoms with Crippen LogP contribution in [0.15, 0.2) is 42.6 Å². The molecule has 1 aliphatic rings. The van der Waals surface area contributed by atoms with E-state index >= 15 is 0 Å². The van der Waals surface area contributed by atoms with Gasteiger partial charge in [0, 0.05) is 19.3 Å². The molecule has 0 radical (unpaired) electrons. The van der Waals surface area contributed by atoms with E-state index < -0.39 is 0 Å². The van der Waals surface area contributed by atoms with Crippen molar-refractivity contribution in [3.63, 3.8) is 0 Å². The Morgan fingerprint density at radius 1 is 1.08 bits per heavy atom. The van der Waals surface area contributed by atoms with Crippen LogP contribution in [-0.4, -0.2) is 27.7 Å². The molecule has 3 heterocycles. The van der Waals surface area contributed by atoms with E-state index in [-0.39, 0.29) is 0 Å². The van der Waals surface area contributed by atoms with E-state index in [2.05, 4.69) is 58.3 Å². The predicted molar refractivity (Wildman–Crippen MR) is 97.7 cm³/mol. The standard InChI is InChI=1S/C20H24N4/c1-3-16-6-8-17(9-7-16)18-10-13-23(14-11-18)19-5-4-12-24-20(19)21-15(2)22-24/h4-9,12,18H,3,10-11,13-14H2,1-2H3. The molecule has 0 saturated carbocycles. The molecule has 0 amide bonds. The van der Waals surface area contributed by atoms with E-state index in [0.29, 0.717) is 5.92 Å². The molecule has 0 N–H and O–H groups in total. The summed E-state index contributed by atoms with van der Waals surface area (Å²) >= 11 is 0. The molecule has 1 aromatic carbocycles. The van der Waals surface area contributed by atoms with Crippen LogP contribution < -0.4 is 4.90 Å². The lowest BCUT2D eigenvalue weighted by Gasteiger charge is -2.33. The van der Waals surface area contributed by atoms with Crippen molar-refractivity contribution in [3.05, 3.63) is 59.5 Å². The lowest BCUT2D eigenvalue weighted by Crippen LogP contribution is -2.33. The van der Waals surface area contributed by atoms with Gasteiger partial charge in [0.25, 0.3) is 0 Å².